The molecular formula is C21H21ClF2N6O3S. The molecule has 2 aromatic carbocycles. The van der Waals surface area contributed by atoms with Crippen LogP contribution in [0.1, 0.15) is 12.5 Å². The van der Waals surface area contributed by atoms with Crippen molar-refractivity contribution < 1.29 is 21.9 Å². The van der Waals surface area contributed by atoms with Gasteiger partial charge in [-0.3, -0.25) is 0 Å². The second kappa shape index (κ2) is 7.87. The number of nitrogens with zero attached hydrogens (tertiary/aromatic N) is 3. The summed E-state index contributed by atoms with van der Waals surface area (Å²) in [6.07, 6.45) is 0. The van der Waals surface area contributed by atoms with Gasteiger partial charge in [-0.05, 0) is 29.8 Å². The molecule has 0 radical (unpaired) electrons. The zero-order chi connectivity index (χ0) is 24.3. The summed E-state index contributed by atoms with van der Waals surface area (Å²) < 4.78 is 61.6. The van der Waals surface area contributed by atoms with Crippen LogP contribution in [0.5, 0.6) is 0 Å². The second-order valence-electron chi connectivity index (χ2n) is 8.73. The Labute approximate surface area is 199 Å². The monoisotopic (exact) mass is 510 g/mol. The number of H-pyrrole nitrogens is 1. The van der Waals surface area contributed by atoms with Crippen LogP contribution in [-0.4, -0.2) is 54.2 Å². The van der Waals surface area contributed by atoms with Gasteiger partial charge in [0.05, 0.1) is 23.1 Å². The van der Waals surface area contributed by atoms with E-state index in [0.717, 1.165) is 6.92 Å². The number of hydrogen-bond donors (Lipinski definition) is 3. The van der Waals surface area contributed by atoms with Crippen molar-refractivity contribution in [3.05, 3.63) is 47.0 Å². The van der Waals surface area contributed by atoms with Crippen LogP contribution in [0.25, 0.3) is 11.1 Å². The van der Waals surface area contributed by atoms with Gasteiger partial charge in [0.15, 0.2) is 0 Å². The number of rotatable bonds is 6. The summed E-state index contributed by atoms with van der Waals surface area (Å²) in [4.78, 5) is 3.98. The van der Waals surface area contributed by atoms with E-state index < -0.39 is 15.9 Å². The first-order chi connectivity index (χ1) is 16.0. The standard InChI is InChI=1S/C21H21ClF2N6O3S/c1-20(23,24)15-6-13(26-19-27-18(25)28-29-19)7-16(22)17(15)12-2-4-14(5-3-12)34(31,32)30-8-21(9-30)10-33-11-21/h2-7H,8-11H2,1H3,(H4,25,26,27,28,29). The fourth-order valence-corrected chi connectivity index (χ4v) is 6.16. The maximum absolute atomic E-state index is 14.6. The minimum Gasteiger partial charge on any atom is -0.380 e. The van der Waals surface area contributed by atoms with Gasteiger partial charge in [0.2, 0.25) is 21.9 Å². The number of nitrogens with one attached hydrogen (secondary N) is 2. The highest BCUT2D eigenvalue weighted by Crippen LogP contribution is 2.43. The molecule has 2 aliphatic rings. The lowest BCUT2D eigenvalue weighted by molar-refractivity contribution is -0.166. The van der Waals surface area contributed by atoms with Gasteiger partial charge in [-0.15, -0.1) is 5.10 Å². The third kappa shape index (κ3) is 4.00. The van der Waals surface area contributed by atoms with Gasteiger partial charge in [0.25, 0.3) is 5.92 Å². The van der Waals surface area contributed by atoms with E-state index in [2.05, 4.69) is 20.5 Å². The number of benzene rings is 2. The Morgan fingerprint density at radius 3 is 2.44 bits per heavy atom. The molecular weight excluding hydrogens is 490 g/mol. The predicted molar refractivity (Wildman–Crippen MR) is 123 cm³/mol. The first-order valence-corrected chi connectivity index (χ1v) is 12.1. The van der Waals surface area contributed by atoms with Crippen LogP contribution < -0.4 is 11.1 Å². The molecule has 13 heteroatoms. The van der Waals surface area contributed by atoms with Crippen molar-refractivity contribution >= 4 is 39.2 Å². The number of hydrogen-bond acceptors (Lipinski definition) is 7. The summed E-state index contributed by atoms with van der Waals surface area (Å²) in [7, 11) is -3.68. The van der Waals surface area contributed by atoms with Gasteiger partial charge in [-0.25, -0.2) is 22.3 Å². The summed E-state index contributed by atoms with van der Waals surface area (Å²) in [5, 5.41) is 9.10. The van der Waals surface area contributed by atoms with Gasteiger partial charge in [0.1, 0.15) is 0 Å². The largest absolute Gasteiger partial charge is 0.380 e. The molecule has 34 heavy (non-hydrogen) atoms. The molecule has 180 valence electrons. The minimum absolute atomic E-state index is 0.0512. The molecule has 3 heterocycles. The molecule has 0 amide bonds. The number of nitrogen functional groups attached to an aromatic ring is 1. The third-order valence-electron chi connectivity index (χ3n) is 5.94. The molecule has 1 spiro atoms. The van der Waals surface area contributed by atoms with E-state index in [4.69, 9.17) is 22.1 Å². The van der Waals surface area contributed by atoms with Crippen molar-refractivity contribution in [1.29, 1.82) is 0 Å². The van der Waals surface area contributed by atoms with Crippen molar-refractivity contribution in [2.24, 2.45) is 5.41 Å². The highest BCUT2D eigenvalue weighted by atomic mass is 35.5. The molecule has 0 saturated carbocycles. The van der Waals surface area contributed by atoms with Crippen molar-refractivity contribution in [1.82, 2.24) is 19.5 Å². The maximum atomic E-state index is 14.6. The number of ether oxygens (including phenoxy) is 1. The first kappa shape index (κ1) is 23.0. The summed E-state index contributed by atoms with van der Waals surface area (Å²) in [6, 6.07) is 8.48. The molecule has 2 fully saturated rings. The van der Waals surface area contributed by atoms with Crippen LogP contribution in [0.4, 0.5) is 26.4 Å². The van der Waals surface area contributed by atoms with Crippen LogP contribution in [-0.2, 0) is 20.7 Å². The fourth-order valence-electron chi connectivity index (χ4n) is 4.17. The zero-order valence-electron chi connectivity index (χ0n) is 18.0. The number of sulfonamides is 1. The topological polar surface area (TPSA) is 126 Å². The Morgan fingerprint density at radius 1 is 1.24 bits per heavy atom. The summed E-state index contributed by atoms with van der Waals surface area (Å²) in [6.45, 7) is 2.73. The van der Waals surface area contributed by atoms with Gasteiger partial charge in [-0.2, -0.15) is 9.29 Å². The van der Waals surface area contributed by atoms with E-state index in [1.807, 2.05) is 0 Å². The van der Waals surface area contributed by atoms with E-state index in [9.17, 15) is 17.2 Å². The quantitative estimate of drug-likeness (QED) is 0.462. The minimum atomic E-state index is -3.68. The van der Waals surface area contributed by atoms with Gasteiger partial charge in [-0.1, -0.05) is 23.7 Å². The van der Waals surface area contributed by atoms with Crippen molar-refractivity contribution in [3.63, 3.8) is 0 Å². The Morgan fingerprint density at radius 2 is 1.91 bits per heavy atom. The number of aromatic nitrogens is 3. The number of aromatic amines is 1. The molecule has 3 aromatic rings. The number of halogens is 3. The molecule has 1 aromatic heterocycles. The van der Waals surface area contributed by atoms with Crippen LogP contribution >= 0.6 is 11.6 Å². The molecule has 2 saturated heterocycles. The van der Waals surface area contributed by atoms with E-state index in [1.165, 1.54) is 40.7 Å². The normalized spacial score (nSPS) is 17.9. The second-order valence-corrected chi connectivity index (χ2v) is 11.1. The van der Waals surface area contributed by atoms with Crippen molar-refractivity contribution in [2.75, 3.05) is 37.4 Å². The smallest absolute Gasteiger partial charge is 0.271 e. The van der Waals surface area contributed by atoms with Gasteiger partial charge in [0, 0.05) is 42.2 Å². The fraction of sp³-hybridized carbons (Fsp3) is 0.333. The van der Waals surface area contributed by atoms with E-state index in [-0.39, 0.29) is 44.0 Å². The lowest BCUT2D eigenvalue weighted by atomic mass is 9.80. The van der Waals surface area contributed by atoms with Gasteiger partial charge >= 0.3 is 0 Å². The highest BCUT2D eigenvalue weighted by Gasteiger charge is 2.53. The molecule has 5 rings (SSSR count). The lowest BCUT2D eigenvalue weighted by Crippen LogP contribution is -2.66. The zero-order valence-corrected chi connectivity index (χ0v) is 19.6. The Balaban J connectivity index is 1.45. The average molecular weight is 511 g/mol. The van der Waals surface area contributed by atoms with Crippen molar-refractivity contribution in [3.8, 4) is 11.1 Å². The molecule has 0 bridgehead atoms. The third-order valence-corrected chi connectivity index (χ3v) is 8.05. The van der Waals surface area contributed by atoms with Gasteiger partial charge < -0.3 is 15.8 Å². The molecule has 0 unspecified atom stereocenters. The number of alkyl halides is 2. The van der Waals surface area contributed by atoms with Crippen molar-refractivity contribution in [2.45, 2.75) is 17.7 Å². The average Bonchev–Trinajstić information content (AvgIpc) is 3.09. The predicted octanol–water partition coefficient (Wildman–Crippen LogP) is 3.58. The highest BCUT2D eigenvalue weighted by molar-refractivity contribution is 7.89. The SMILES string of the molecule is CC(F)(F)c1cc(Nc2n[nH]c(N)n2)cc(Cl)c1-c1ccc(S(=O)(=O)N2CC3(COC3)C2)cc1. The van der Waals surface area contributed by atoms with Crippen LogP contribution in [0, 0.1) is 5.41 Å². The van der Waals surface area contributed by atoms with E-state index >= 15 is 0 Å². The van der Waals surface area contributed by atoms with E-state index in [0.29, 0.717) is 31.9 Å². The number of nitrogens with two attached hydrogens (primary N) is 1. The Bertz CT molecular complexity index is 1350. The first-order valence-electron chi connectivity index (χ1n) is 10.3. The van der Waals surface area contributed by atoms with E-state index in [1.54, 1.807) is 0 Å². The summed E-state index contributed by atoms with van der Waals surface area (Å²) >= 11 is 6.43. The molecule has 2 aliphatic heterocycles. The summed E-state index contributed by atoms with van der Waals surface area (Å²) in [5.41, 5.74) is 5.81. The maximum Gasteiger partial charge on any atom is 0.271 e. The Kier molecular flexibility index (Phi) is 5.32. The Hall–Kier alpha value is -2.80. The summed E-state index contributed by atoms with van der Waals surface area (Å²) in [5.74, 6) is -3.07. The molecule has 9 nitrogen and oxygen atoms in total. The lowest BCUT2D eigenvalue weighted by Gasteiger charge is -2.53. The van der Waals surface area contributed by atoms with Crippen LogP contribution in [0.15, 0.2) is 41.3 Å². The molecule has 0 aliphatic carbocycles. The molecule has 0 atom stereocenters. The van der Waals surface area contributed by atoms with Crippen LogP contribution in [0.2, 0.25) is 5.02 Å². The molecule has 4 N–H and O–H groups in total. The number of anilines is 3. The van der Waals surface area contributed by atoms with Crippen LogP contribution in [0.3, 0.4) is 0 Å².